The highest BCUT2D eigenvalue weighted by atomic mass is 32.2. The molecule has 0 unspecified atom stereocenters. The lowest BCUT2D eigenvalue weighted by atomic mass is 10.2. The predicted octanol–water partition coefficient (Wildman–Crippen LogP) is 0.576. The molecule has 2 N–H and O–H groups in total. The van der Waals surface area contributed by atoms with E-state index in [1.54, 1.807) is 18.2 Å². The highest BCUT2D eigenvalue weighted by Gasteiger charge is 2.19. The third-order valence-electron chi connectivity index (χ3n) is 3.13. The molecule has 1 aromatic heterocycles. The lowest BCUT2D eigenvalue weighted by Crippen LogP contribution is -2.31. The summed E-state index contributed by atoms with van der Waals surface area (Å²) in [6.45, 7) is 0.693. The molecule has 132 valence electrons. The maximum Gasteiger partial charge on any atom is 0.269 e. The molecule has 0 aliphatic rings. The van der Waals surface area contributed by atoms with Gasteiger partial charge in [0.25, 0.3) is 21.8 Å². The standard InChI is InChI=1S/C16H17N3O5S/c1-24-10-9-17-16(21)14-8-7-12(11-18-14)15(20)19-25(22,23)13-5-3-2-4-6-13/h2-8,11H,9-10H2,1H3,(H,17,21)(H,19,20). The molecule has 2 aromatic rings. The van der Waals surface area contributed by atoms with Gasteiger partial charge in [-0.1, -0.05) is 18.2 Å². The van der Waals surface area contributed by atoms with Gasteiger partial charge in [0.05, 0.1) is 17.1 Å². The summed E-state index contributed by atoms with van der Waals surface area (Å²) in [7, 11) is -2.45. The topological polar surface area (TPSA) is 114 Å². The average Bonchev–Trinajstić information content (AvgIpc) is 2.62. The number of ether oxygens (including phenoxy) is 1. The Bertz CT molecular complexity index is 836. The van der Waals surface area contributed by atoms with E-state index in [0.717, 1.165) is 6.20 Å². The zero-order valence-electron chi connectivity index (χ0n) is 13.4. The van der Waals surface area contributed by atoms with Crippen molar-refractivity contribution in [3.05, 3.63) is 59.9 Å². The Hall–Kier alpha value is -2.78. The maximum absolute atomic E-state index is 12.1. The number of carbonyl (C=O) groups excluding carboxylic acids is 2. The fourth-order valence-corrected chi connectivity index (χ4v) is 2.85. The second kappa shape index (κ2) is 8.36. The van der Waals surface area contributed by atoms with Gasteiger partial charge in [0.15, 0.2) is 0 Å². The van der Waals surface area contributed by atoms with E-state index in [-0.39, 0.29) is 16.2 Å². The molecule has 0 saturated carbocycles. The fourth-order valence-electron chi connectivity index (χ4n) is 1.86. The first-order chi connectivity index (χ1) is 11.9. The SMILES string of the molecule is COCCNC(=O)c1ccc(C(=O)NS(=O)(=O)c2ccccc2)cn1. The molecule has 9 heteroatoms. The minimum Gasteiger partial charge on any atom is -0.383 e. The Morgan fingerprint density at radius 3 is 2.40 bits per heavy atom. The monoisotopic (exact) mass is 363 g/mol. The van der Waals surface area contributed by atoms with Crippen molar-refractivity contribution in [2.75, 3.05) is 20.3 Å². The lowest BCUT2D eigenvalue weighted by molar-refractivity contribution is 0.0929. The zero-order chi connectivity index (χ0) is 18.3. The van der Waals surface area contributed by atoms with Crippen LogP contribution >= 0.6 is 0 Å². The number of nitrogens with zero attached hydrogens (tertiary/aromatic N) is 1. The van der Waals surface area contributed by atoms with Crippen LogP contribution in [0.1, 0.15) is 20.8 Å². The minimum atomic E-state index is -3.97. The van der Waals surface area contributed by atoms with E-state index < -0.39 is 21.8 Å². The summed E-state index contributed by atoms with van der Waals surface area (Å²) in [5, 5.41) is 2.59. The molecule has 0 atom stereocenters. The third-order valence-corrected chi connectivity index (χ3v) is 4.48. The van der Waals surface area contributed by atoms with Gasteiger partial charge in [0, 0.05) is 19.9 Å². The van der Waals surface area contributed by atoms with Crippen molar-refractivity contribution in [3.8, 4) is 0 Å². The van der Waals surface area contributed by atoms with Crippen LogP contribution in [0.25, 0.3) is 0 Å². The number of sulfonamides is 1. The third kappa shape index (κ3) is 5.10. The van der Waals surface area contributed by atoms with E-state index in [1.807, 2.05) is 4.72 Å². The van der Waals surface area contributed by atoms with Crippen LogP contribution < -0.4 is 10.0 Å². The molecule has 8 nitrogen and oxygen atoms in total. The number of nitrogens with one attached hydrogen (secondary N) is 2. The number of rotatable bonds is 7. The molecule has 1 aromatic carbocycles. The van der Waals surface area contributed by atoms with Gasteiger partial charge in [0.2, 0.25) is 0 Å². The zero-order valence-corrected chi connectivity index (χ0v) is 14.2. The van der Waals surface area contributed by atoms with Crippen molar-refractivity contribution in [3.63, 3.8) is 0 Å². The van der Waals surface area contributed by atoms with Crippen molar-refractivity contribution in [1.29, 1.82) is 0 Å². The molecule has 0 saturated heterocycles. The smallest absolute Gasteiger partial charge is 0.269 e. The molecule has 0 spiro atoms. The van der Waals surface area contributed by atoms with Crippen LogP contribution in [0.4, 0.5) is 0 Å². The summed E-state index contributed by atoms with van der Waals surface area (Å²) in [6, 6.07) is 10.2. The van der Waals surface area contributed by atoms with Crippen LogP contribution in [-0.2, 0) is 14.8 Å². The quantitative estimate of drug-likeness (QED) is 0.696. The highest BCUT2D eigenvalue weighted by Crippen LogP contribution is 2.09. The highest BCUT2D eigenvalue weighted by molar-refractivity contribution is 7.90. The summed E-state index contributed by atoms with van der Waals surface area (Å²) in [4.78, 5) is 27.7. The van der Waals surface area contributed by atoms with Crippen molar-refractivity contribution < 1.29 is 22.7 Å². The average molecular weight is 363 g/mol. The fraction of sp³-hybridized carbons (Fsp3) is 0.188. The van der Waals surface area contributed by atoms with E-state index in [9.17, 15) is 18.0 Å². The van der Waals surface area contributed by atoms with Crippen molar-refractivity contribution in [2.45, 2.75) is 4.90 Å². The van der Waals surface area contributed by atoms with Crippen molar-refractivity contribution in [1.82, 2.24) is 15.0 Å². The van der Waals surface area contributed by atoms with Crippen LogP contribution in [0, 0.1) is 0 Å². The van der Waals surface area contributed by atoms with Crippen LogP contribution in [0.15, 0.2) is 53.6 Å². The molecule has 0 aliphatic carbocycles. The van der Waals surface area contributed by atoms with Gasteiger partial charge in [-0.05, 0) is 24.3 Å². The molecular weight excluding hydrogens is 346 g/mol. The van der Waals surface area contributed by atoms with Gasteiger partial charge in [0.1, 0.15) is 5.69 Å². The van der Waals surface area contributed by atoms with Crippen LogP contribution in [-0.4, -0.2) is 45.5 Å². The first-order valence-corrected chi connectivity index (χ1v) is 8.78. The Balaban J connectivity index is 2.04. The normalized spacial score (nSPS) is 10.9. The van der Waals surface area contributed by atoms with Crippen molar-refractivity contribution >= 4 is 21.8 Å². The van der Waals surface area contributed by atoms with Gasteiger partial charge in [-0.25, -0.2) is 13.1 Å². The van der Waals surface area contributed by atoms with E-state index in [1.165, 1.54) is 31.4 Å². The van der Waals surface area contributed by atoms with Gasteiger partial charge < -0.3 is 10.1 Å². The number of hydrogen-bond donors (Lipinski definition) is 2. The lowest BCUT2D eigenvalue weighted by Gasteiger charge is -2.07. The first-order valence-electron chi connectivity index (χ1n) is 7.29. The first kappa shape index (κ1) is 18.6. The molecule has 0 fully saturated rings. The molecule has 1 heterocycles. The maximum atomic E-state index is 12.1. The molecule has 25 heavy (non-hydrogen) atoms. The molecule has 0 bridgehead atoms. The molecule has 0 aliphatic heterocycles. The number of carbonyl (C=O) groups is 2. The second-order valence-corrected chi connectivity index (χ2v) is 6.61. The van der Waals surface area contributed by atoms with Crippen LogP contribution in [0.2, 0.25) is 0 Å². The summed E-state index contributed by atoms with van der Waals surface area (Å²) < 4.78 is 31.0. The van der Waals surface area contributed by atoms with Gasteiger partial charge >= 0.3 is 0 Å². The van der Waals surface area contributed by atoms with Crippen molar-refractivity contribution in [2.24, 2.45) is 0 Å². The number of hydrogen-bond acceptors (Lipinski definition) is 6. The van der Waals surface area contributed by atoms with Gasteiger partial charge in [-0.2, -0.15) is 0 Å². The molecular formula is C16H17N3O5S. The van der Waals surface area contributed by atoms with Gasteiger partial charge in [-0.3, -0.25) is 14.6 Å². The number of methoxy groups -OCH3 is 1. The number of amides is 2. The van der Waals surface area contributed by atoms with Crippen LogP contribution in [0.3, 0.4) is 0 Å². The van der Waals surface area contributed by atoms with Crippen LogP contribution in [0.5, 0.6) is 0 Å². The number of benzene rings is 1. The second-order valence-electron chi connectivity index (χ2n) is 4.93. The Labute approximate surface area is 145 Å². The Kier molecular flexibility index (Phi) is 6.20. The summed E-state index contributed by atoms with van der Waals surface area (Å²) >= 11 is 0. The number of pyridine rings is 1. The molecule has 2 rings (SSSR count). The van der Waals surface area contributed by atoms with E-state index in [0.29, 0.717) is 13.2 Å². The molecule has 0 radical (unpaired) electrons. The van der Waals surface area contributed by atoms with Gasteiger partial charge in [-0.15, -0.1) is 0 Å². The van der Waals surface area contributed by atoms with E-state index in [2.05, 4.69) is 10.3 Å². The summed E-state index contributed by atoms with van der Waals surface area (Å²) in [6.07, 6.45) is 1.14. The minimum absolute atomic E-state index is 0.0212. The Morgan fingerprint density at radius 1 is 1.08 bits per heavy atom. The van der Waals surface area contributed by atoms with E-state index in [4.69, 9.17) is 4.74 Å². The van der Waals surface area contributed by atoms with E-state index >= 15 is 0 Å². The summed E-state index contributed by atoms with van der Waals surface area (Å²) in [5.41, 5.74) is 0.131. The number of aromatic nitrogens is 1. The summed E-state index contributed by atoms with van der Waals surface area (Å²) in [5.74, 6) is -1.25. The predicted molar refractivity (Wildman–Crippen MR) is 89.5 cm³/mol. The largest absolute Gasteiger partial charge is 0.383 e. The molecule has 2 amide bonds. The Morgan fingerprint density at radius 2 is 1.80 bits per heavy atom.